The predicted octanol–water partition coefficient (Wildman–Crippen LogP) is 2.73. The van der Waals surface area contributed by atoms with Crippen molar-refractivity contribution < 1.29 is 4.79 Å². The highest BCUT2D eigenvalue weighted by Gasteiger charge is 2.12. The molecule has 1 amide bonds. The smallest absolute Gasteiger partial charge is 0.278 e. The molecule has 0 bridgehead atoms. The van der Waals surface area contributed by atoms with Gasteiger partial charge in [-0.05, 0) is 30.7 Å². The molecule has 0 unspecified atom stereocenters. The second-order valence-corrected chi connectivity index (χ2v) is 6.26. The van der Waals surface area contributed by atoms with Crippen molar-refractivity contribution in [2.45, 2.75) is 13.5 Å². The lowest BCUT2D eigenvalue weighted by atomic mass is 10.1. The van der Waals surface area contributed by atoms with Gasteiger partial charge in [0.15, 0.2) is 0 Å². The van der Waals surface area contributed by atoms with Crippen molar-refractivity contribution in [3.8, 4) is 0 Å². The van der Waals surface area contributed by atoms with Crippen LogP contribution in [0, 0.1) is 6.92 Å². The molecular formula is C20H17N5O2. The Morgan fingerprint density at radius 2 is 1.85 bits per heavy atom. The Hall–Kier alpha value is -3.74. The van der Waals surface area contributed by atoms with E-state index in [9.17, 15) is 9.59 Å². The first-order valence-corrected chi connectivity index (χ1v) is 8.48. The molecule has 0 atom stereocenters. The van der Waals surface area contributed by atoms with Crippen LogP contribution in [-0.2, 0) is 6.54 Å². The molecule has 2 aromatic heterocycles. The normalized spacial score (nSPS) is 10.9. The van der Waals surface area contributed by atoms with E-state index in [4.69, 9.17) is 0 Å². The first-order chi connectivity index (χ1) is 13.1. The largest absolute Gasteiger partial charge is 0.324 e. The fraction of sp³-hybridized carbons (Fsp3) is 0.100. The van der Waals surface area contributed by atoms with Gasteiger partial charge in [0.1, 0.15) is 5.69 Å². The van der Waals surface area contributed by atoms with Gasteiger partial charge in [0.25, 0.3) is 11.5 Å². The molecule has 0 saturated heterocycles. The molecule has 0 aliphatic heterocycles. The fourth-order valence-electron chi connectivity index (χ4n) is 2.73. The molecule has 0 aliphatic carbocycles. The number of carbonyl (C=O) groups excluding carboxylic acids is 1. The number of para-hydroxylation sites is 2. The lowest BCUT2D eigenvalue weighted by Crippen LogP contribution is -2.26. The first kappa shape index (κ1) is 16.7. The second kappa shape index (κ2) is 6.87. The molecule has 0 aliphatic rings. The van der Waals surface area contributed by atoms with Crippen LogP contribution in [0.15, 0.2) is 65.5 Å². The highest BCUT2D eigenvalue weighted by atomic mass is 16.2. The number of amides is 1. The Kier molecular flexibility index (Phi) is 4.25. The van der Waals surface area contributed by atoms with Crippen LogP contribution in [-0.4, -0.2) is 25.7 Å². The van der Waals surface area contributed by atoms with Crippen LogP contribution >= 0.6 is 0 Å². The van der Waals surface area contributed by atoms with E-state index >= 15 is 0 Å². The highest BCUT2D eigenvalue weighted by Crippen LogP contribution is 2.13. The molecule has 0 fully saturated rings. The van der Waals surface area contributed by atoms with Gasteiger partial charge in [-0.15, -0.1) is 0 Å². The molecule has 134 valence electrons. The zero-order chi connectivity index (χ0) is 18.8. The number of aromatic amines is 1. The number of anilines is 1. The quantitative estimate of drug-likeness (QED) is 0.586. The third-order valence-electron chi connectivity index (χ3n) is 4.17. The summed E-state index contributed by atoms with van der Waals surface area (Å²) in [7, 11) is 0. The predicted molar refractivity (Wildman–Crippen MR) is 103 cm³/mol. The Morgan fingerprint density at radius 3 is 2.63 bits per heavy atom. The van der Waals surface area contributed by atoms with Gasteiger partial charge >= 0.3 is 0 Å². The number of aryl methyl sites for hydroxylation is 1. The number of carbonyl (C=O) groups is 1. The van der Waals surface area contributed by atoms with Crippen LogP contribution < -0.4 is 10.9 Å². The molecule has 0 radical (unpaired) electrons. The van der Waals surface area contributed by atoms with E-state index in [1.807, 2.05) is 55.5 Å². The van der Waals surface area contributed by atoms with E-state index in [-0.39, 0.29) is 11.3 Å². The monoisotopic (exact) mass is 359 g/mol. The average Bonchev–Trinajstić information content (AvgIpc) is 3.07. The Balaban J connectivity index is 1.56. The minimum Gasteiger partial charge on any atom is -0.324 e. The number of benzene rings is 2. The summed E-state index contributed by atoms with van der Waals surface area (Å²) in [5.74, 6) is -0.106. The number of H-pyrrole nitrogens is 1. The topological polar surface area (TPSA) is 92.7 Å². The van der Waals surface area contributed by atoms with Crippen LogP contribution in [0.25, 0.3) is 11.0 Å². The maximum Gasteiger partial charge on any atom is 0.278 e. The van der Waals surface area contributed by atoms with Crippen molar-refractivity contribution in [3.63, 3.8) is 0 Å². The minimum atomic E-state index is -0.438. The maximum atomic E-state index is 12.5. The number of hydrogen-bond acceptors (Lipinski definition) is 4. The van der Waals surface area contributed by atoms with E-state index in [0.29, 0.717) is 12.5 Å². The fourth-order valence-corrected chi connectivity index (χ4v) is 2.73. The average molecular weight is 359 g/mol. The van der Waals surface area contributed by atoms with Gasteiger partial charge in [-0.1, -0.05) is 42.0 Å². The molecule has 4 aromatic rings. The lowest BCUT2D eigenvalue weighted by molar-refractivity contribution is 0.101. The van der Waals surface area contributed by atoms with Crippen LogP contribution in [0.5, 0.6) is 0 Å². The molecule has 4 rings (SSSR count). The van der Waals surface area contributed by atoms with E-state index in [0.717, 1.165) is 22.2 Å². The first-order valence-electron chi connectivity index (χ1n) is 8.48. The van der Waals surface area contributed by atoms with Gasteiger partial charge in [-0.2, -0.15) is 5.10 Å². The summed E-state index contributed by atoms with van der Waals surface area (Å²) in [6.07, 6.45) is 0. The van der Waals surface area contributed by atoms with E-state index < -0.39 is 5.91 Å². The number of fused-ring (bicyclic) bond motifs is 1. The van der Waals surface area contributed by atoms with Crippen molar-refractivity contribution in [2.75, 3.05) is 5.32 Å². The van der Waals surface area contributed by atoms with Crippen LogP contribution in [0.4, 0.5) is 5.95 Å². The van der Waals surface area contributed by atoms with Gasteiger partial charge in [-0.3, -0.25) is 14.9 Å². The molecule has 27 heavy (non-hydrogen) atoms. The van der Waals surface area contributed by atoms with Gasteiger partial charge in [-0.25, -0.2) is 9.67 Å². The summed E-state index contributed by atoms with van der Waals surface area (Å²) >= 11 is 0. The number of rotatable bonds is 4. The molecule has 2 heterocycles. The number of nitrogens with zero attached hydrogens (tertiary/aromatic N) is 3. The summed E-state index contributed by atoms with van der Waals surface area (Å²) in [4.78, 5) is 31.9. The number of imidazole rings is 1. The lowest BCUT2D eigenvalue weighted by Gasteiger charge is -2.07. The molecule has 7 nitrogen and oxygen atoms in total. The summed E-state index contributed by atoms with van der Waals surface area (Å²) in [5.41, 5.74) is 3.52. The third kappa shape index (κ3) is 3.62. The molecule has 7 heteroatoms. The second-order valence-electron chi connectivity index (χ2n) is 6.26. The third-order valence-corrected chi connectivity index (χ3v) is 4.17. The van der Waals surface area contributed by atoms with E-state index in [2.05, 4.69) is 20.4 Å². The zero-order valence-electron chi connectivity index (χ0n) is 14.6. The maximum absolute atomic E-state index is 12.5. The summed E-state index contributed by atoms with van der Waals surface area (Å²) in [6, 6.07) is 18.0. The van der Waals surface area contributed by atoms with Gasteiger partial charge in [0.05, 0.1) is 17.6 Å². The van der Waals surface area contributed by atoms with Crippen LogP contribution in [0.2, 0.25) is 0 Å². The van der Waals surface area contributed by atoms with Gasteiger partial charge in [0.2, 0.25) is 5.95 Å². The van der Waals surface area contributed by atoms with Crippen LogP contribution in [0.1, 0.15) is 21.6 Å². The summed E-state index contributed by atoms with van der Waals surface area (Å²) < 4.78 is 1.28. The van der Waals surface area contributed by atoms with Crippen molar-refractivity contribution >= 4 is 22.9 Å². The molecule has 0 spiro atoms. The molecule has 0 saturated carbocycles. The Morgan fingerprint density at radius 1 is 1.07 bits per heavy atom. The molecule has 2 aromatic carbocycles. The van der Waals surface area contributed by atoms with Crippen molar-refractivity contribution in [3.05, 3.63) is 87.8 Å². The van der Waals surface area contributed by atoms with Crippen molar-refractivity contribution in [2.24, 2.45) is 0 Å². The summed E-state index contributed by atoms with van der Waals surface area (Å²) in [5, 5.41) is 6.87. The number of hydrogen-bond donors (Lipinski definition) is 2. The highest BCUT2D eigenvalue weighted by molar-refractivity contribution is 6.02. The Bertz CT molecular complexity index is 1140. The number of nitrogens with one attached hydrogen (secondary N) is 2. The van der Waals surface area contributed by atoms with Crippen LogP contribution in [0.3, 0.4) is 0 Å². The van der Waals surface area contributed by atoms with E-state index in [1.54, 1.807) is 0 Å². The Labute approximate surface area is 154 Å². The minimum absolute atomic E-state index is 0.141. The molecular weight excluding hydrogens is 342 g/mol. The zero-order valence-corrected chi connectivity index (χ0v) is 14.6. The van der Waals surface area contributed by atoms with Crippen molar-refractivity contribution in [1.82, 2.24) is 19.7 Å². The van der Waals surface area contributed by atoms with Crippen molar-refractivity contribution in [1.29, 1.82) is 0 Å². The van der Waals surface area contributed by atoms with E-state index in [1.165, 1.54) is 16.8 Å². The SMILES string of the molecule is Cc1ccc(Cn2nc(C(=O)Nc3nc4ccccc4[nH]3)ccc2=O)cc1. The number of aromatic nitrogens is 4. The summed E-state index contributed by atoms with van der Waals surface area (Å²) in [6.45, 7) is 2.29. The molecule has 2 N–H and O–H groups in total. The standard InChI is InChI=1S/C20H17N5O2/c1-13-6-8-14(9-7-13)12-25-18(26)11-10-17(24-25)19(27)23-20-21-15-4-2-3-5-16(15)22-20/h2-11H,12H2,1H3,(H2,21,22,23,27). The van der Waals surface area contributed by atoms with Gasteiger partial charge in [0, 0.05) is 6.07 Å². The van der Waals surface area contributed by atoms with Gasteiger partial charge < -0.3 is 4.98 Å².